The lowest BCUT2D eigenvalue weighted by Crippen LogP contribution is -2.30. The summed E-state index contributed by atoms with van der Waals surface area (Å²) in [5.41, 5.74) is 3.17. The highest BCUT2D eigenvalue weighted by atomic mass is 16.3. The monoisotopic (exact) mass is 341 g/mol. The third kappa shape index (κ3) is 4.54. The quantitative estimate of drug-likeness (QED) is 0.519. The Hall–Kier alpha value is -1.57. The number of benzene rings is 1. The minimum Gasteiger partial charge on any atom is -0.507 e. The van der Waals surface area contributed by atoms with Crippen LogP contribution in [0.3, 0.4) is 0 Å². The molecule has 2 atom stereocenters. The van der Waals surface area contributed by atoms with Crippen LogP contribution in [0.15, 0.2) is 34.8 Å². The van der Waals surface area contributed by atoms with Gasteiger partial charge in [-0.05, 0) is 53.2 Å². The first-order valence-corrected chi connectivity index (χ1v) is 9.68. The maximum atomic E-state index is 10.7. The Labute approximate surface area is 154 Å². The normalized spacial score (nSPS) is 22.0. The van der Waals surface area contributed by atoms with Crippen molar-refractivity contribution in [3.8, 4) is 5.75 Å². The van der Waals surface area contributed by atoms with Crippen LogP contribution in [0.1, 0.15) is 72.4 Å². The van der Waals surface area contributed by atoms with Crippen LogP contribution >= 0.6 is 0 Å². The summed E-state index contributed by atoms with van der Waals surface area (Å²) in [7, 11) is 0. The number of nitrogens with zero attached hydrogens (tertiary/aromatic N) is 1. The van der Waals surface area contributed by atoms with Gasteiger partial charge in [-0.25, -0.2) is 0 Å². The lowest BCUT2D eigenvalue weighted by molar-refractivity contribution is 0.301. The molecule has 0 aromatic heterocycles. The second kappa shape index (κ2) is 7.76. The molecule has 2 heteroatoms. The molecule has 1 aliphatic carbocycles. The SMILES string of the molecule is CC(C)C1=CCCC(C(C)C)C1/N=C/c1cccc(C(C)(C)C)c1O. The highest BCUT2D eigenvalue weighted by Gasteiger charge is 2.30. The van der Waals surface area contributed by atoms with E-state index in [0.29, 0.717) is 23.5 Å². The Bertz CT molecular complexity index is 647. The van der Waals surface area contributed by atoms with Gasteiger partial charge in [0, 0.05) is 11.8 Å². The summed E-state index contributed by atoms with van der Waals surface area (Å²) in [5.74, 6) is 2.06. The topological polar surface area (TPSA) is 32.6 Å². The summed E-state index contributed by atoms with van der Waals surface area (Å²) in [6.07, 6.45) is 6.64. The molecule has 1 aromatic carbocycles. The minimum absolute atomic E-state index is 0.0811. The molecule has 1 aliphatic rings. The standard InChI is InChI=1S/C23H35NO/c1-15(2)18-11-9-12-19(16(3)4)21(18)24-14-17-10-8-13-20(22(17)25)23(5,6)7/h8,10-11,13-16,19,21,25H,9,12H2,1-7H3/b24-14+. The van der Waals surface area contributed by atoms with Crippen molar-refractivity contribution in [2.45, 2.75) is 72.8 Å². The van der Waals surface area contributed by atoms with Gasteiger partial charge in [-0.1, -0.05) is 66.7 Å². The first-order valence-electron chi connectivity index (χ1n) is 9.68. The van der Waals surface area contributed by atoms with Crippen LogP contribution in [0.5, 0.6) is 5.75 Å². The van der Waals surface area contributed by atoms with Gasteiger partial charge in [-0.2, -0.15) is 0 Å². The first-order chi connectivity index (χ1) is 11.6. The first kappa shape index (κ1) is 19.8. The molecular weight excluding hydrogens is 306 g/mol. The van der Waals surface area contributed by atoms with E-state index < -0.39 is 0 Å². The van der Waals surface area contributed by atoms with Crippen LogP contribution in [0.4, 0.5) is 0 Å². The third-order valence-electron chi connectivity index (χ3n) is 5.40. The Morgan fingerprint density at radius 3 is 2.40 bits per heavy atom. The molecule has 0 radical (unpaired) electrons. The number of phenols is 1. The summed E-state index contributed by atoms with van der Waals surface area (Å²) in [6, 6.07) is 6.21. The van der Waals surface area contributed by atoms with Gasteiger partial charge in [0.05, 0.1) is 6.04 Å². The third-order valence-corrected chi connectivity index (χ3v) is 5.40. The second-order valence-corrected chi connectivity index (χ2v) is 9.06. The Balaban J connectivity index is 2.38. The molecule has 1 aromatic rings. The molecule has 0 spiro atoms. The number of hydrogen-bond donors (Lipinski definition) is 1. The lowest BCUT2D eigenvalue weighted by Gasteiger charge is -2.34. The van der Waals surface area contributed by atoms with E-state index in [0.717, 1.165) is 17.5 Å². The van der Waals surface area contributed by atoms with E-state index in [1.807, 2.05) is 24.4 Å². The van der Waals surface area contributed by atoms with E-state index in [2.05, 4.69) is 54.5 Å². The van der Waals surface area contributed by atoms with Crippen molar-refractivity contribution in [2.24, 2.45) is 22.7 Å². The fraction of sp³-hybridized carbons (Fsp3) is 0.609. The number of allylic oxidation sites excluding steroid dienone is 1. The van der Waals surface area contributed by atoms with E-state index >= 15 is 0 Å². The maximum absolute atomic E-state index is 10.7. The number of aromatic hydroxyl groups is 1. The summed E-state index contributed by atoms with van der Waals surface area (Å²) < 4.78 is 0. The lowest BCUT2D eigenvalue weighted by atomic mass is 9.74. The van der Waals surface area contributed by atoms with Crippen molar-refractivity contribution in [1.29, 1.82) is 0 Å². The van der Waals surface area contributed by atoms with Gasteiger partial charge in [0.2, 0.25) is 0 Å². The number of rotatable bonds is 4. The maximum Gasteiger partial charge on any atom is 0.128 e. The molecule has 0 bridgehead atoms. The van der Waals surface area contributed by atoms with E-state index in [1.54, 1.807) is 0 Å². The molecule has 138 valence electrons. The van der Waals surface area contributed by atoms with Crippen LogP contribution in [-0.2, 0) is 5.41 Å². The van der Waals surface area contributed by atoms with Crippen molar-refractivity contribution in [3.05, 3.63) is 41.0 Å². The van der Waals surface area contributed by atoms with E-state index in [1.165, 1.54) is 12.0 Å². The van der Waals surface area contributed by atoms with Crippen molar-refractivity contribution in [3.63, 3.8) is 0 Å². The van der Waals surface area contributed by atoms with Crippen molar-refractivity contribution >= 4 is 6.21 Å². The molecule has 0 saturated heterocycles. The molecule has 25 heavy (non-hydrogen) atoms. The second-order valence-electron chi connectivity index (χ2n) is 9.06. The molecule has 2 nitrogen and oxygen atoms in total. The largest absolute Gasteiger partial charge is 0.507 e. The van der Waals surface area contributed by atoms with Gasteiger partial charge in [0.25, 0.3) is 0 Å². The molecular formula is C23H35NO. The highest BCUT2D eigenvalue weighted by Crippen LogP contribution is 2.37. The summed E-state index contributed by atoms with van der Waals surface area (Å²) in [5, 5.41) is 10.7. The molecule has 2 rings (SSSR count). The molecule has 1 N–H and O–H groups in total. The van der Waals surface area contributed by atoms with E-state index in [4.69, 9.17) is 4.99 Å². The number of phenolic OH excluding ortho intramolecular Hbond substituents is 1. The number of para-hydroxylation sites is 1. The fourth-order valence-electron chi connectivity index (χ4n) is 3.87. The predicted molar refractivity (Wildman–Crippen MR) is 109 cm³/mol. The van der Waals surface area contributed by atoms with Crippen LogP contribution in [-0.4, -0.2) is 17.4 Å². The Morgan fingerprint density at radius 2 is 1.84 bits per heavy atom. The molecule has 2 unspecified atom stereocenters. The molecule has 0 fully saturated rings. The zero-order chi connectivity index (χ0) is 18.8. The van der Waals surface area contributed by atoms with Gasteiger partial charge in [0.15, 0.2) is 0 Å². The molecule has 0 aliphatic heterocycles. The fourth-order valence-corrected chi connectivity index (χ4v) is 3.87. The Morgan fingerprint density at radius 1 is 1.16 bits per heavy atom. The average molecular weight is 342 g/mol. The van der Waals surface area contributed by atoms with Gasteiger partial charge in [-0.3, -0.25) is 4.99 Å². The van der Waals surface area contributed by atoms with Gasteiger partial charge in [0.1, 0.15) is 5.75 Å². The summed E-state index contributed by atoms with van der Waals surface area (Å²) in [6.45, 7) is 15.5. The van der Waals surface area contributed by atoms with Gasteiger partial charge in [-0.15, -0.1) is 0 Å². The van der Waals surface area contributed by atoms with Crippen molar-refractivity contribution < 1.29 is 5.11 Å². The van der Waals surface area contributed by atoms with Crippen LogP contribution in [0.25, 0.3) is 0 Å². The Kier molecular flexibility index (Phi) is 6.13. The van der Waals surface area contributed by atoms with Crippen molar-refractivity contribution in [2.75, 3.05) is 0 Å². The van der Waals surface area contributed by atoms with E-state index in [9.17, 15) is 5.11 Å². The summed E-state index contributed by atoms with van der Waals surface area (Å²) in [4.78, 5) is 4.99. The smallest absolute Gasteiger partial charge is 0.128 e. The molecule has 0 amide bonds. The number of aliphatic imine (C=N–C) groups is 1. The number of hydrogen-bond acceptors (Lipinski definition) is 2. The van der Waals surface area contributed by atoms with Crippen LogP contribution in [0, 0.1) is 17.8 Å². The van der Waals surface area contributed by atoms with Crippen LogP contribution < -0.4 is 0 Å². The van der Waals surface area contributed by atoms with Crippen molar-refractivity contribution in [1.82, 2.24) is 0 Å². The van der Waals surface area contributed by atoms with E-state index in [-0.39, 0.29) is 11.5 Å². The minimum atomic E-state index is -0.0811. The zero-order valence-electron chi connectivity index (χ0n) is 17.0. The van der Waals surface area contributed by atoms with Gasteiger partial charge >= 0.3 is 0 Å². The van der Waals surface area contributed by atoms with Crippen LogP contribution in [0.2, 0.25) is 0 Å². The predicted octanol–water partition coefficient (Wildman–Crippen LogP) is 6.13. The zero-order valence-corrected chi connectivity index (χ0v) is 17.0. The highest BCUT2D eigenvalue weighted by molar-refractivity contribution is 5.84. The molecule has 0 saturated carbocycles. The summed E-state index contributed by atoms with van der Waals surface area (Å²) >= 11 is 0. The average Bonchev–Trinajstić information content (AvgIpc) is 2.52. The molecule has 0 heterocycles. The van der Waals surface area contributed by atoms with Gasteiger partial charge < -0.3 is 5.11 Å².